The highest BCUT2D eigenvalue weighted by molar-refractivity contribution is 7.91. The zero-order valence-corrected chi connectivity index (χ0v) is 9.99. The number of anilines is 1. The molecule has 96 valence electrons. The monoisotopic (exact) mass is 287 g/mol. The molecule has 17 heavy (non-hydrogen) atoms. The van der Waals surface area contributed by atoms with Crippen LogP contribution in [0.3, 0.4) is 0 Å². The van der Waals surface area contributed by atoms with Crippen LogP contribution < -0.4 is 5.32 Å². The molecule has 0 bridgehead atoms. The molecule has 1 atom stereocenters. The average molecular weight is 287 g/mol. The van der Waals surface area contributed by atoms with E-state index in [2.05, 4.69) is 14.7 Å². The summed E-state index contributed by atoms with van der Waals surface area (Å²) in [5.41, 5.74) is 0. The zero-order valence-electron chi connectivity index (χ0n) is 8.36. The third-order valence-corrected chi connectivity index (χ3v) is 4.65. The standard InChI is InChI=1S/C7H8F3N3O2S2/c8-7(9,10)5-12-6(16-13-5)11-4-1-2-17(14,15)3-4/h4H,1-3H2,(H,11,12,13). The van der Waals surface area contributed by atoms with E-state index in [9.17, 15) is 21.6 Å². The van der Waals surface area contributed by atoms with Crippen LogP contribution in [0.15, 0.2) is 0 Å². The van der Waals surface area contributed by atoms with Gasteiger partial charge in [-0.05, 0) is 6.42 Å². The fourth-order valence-corrected chi connectivity index (χ4v) is 3.82. The van der Waals surface area contributed by atoms with Gasteiger partial charge in [0.25, 0.3) is 0 Å². The maximum Gasteiger partial charge on any atom is 0.452 e. The summed E-state index contributed by atoms with van der Waals surface area (Å²) >= 11 is 0.576. The summed E-state index contributed by atoms with van der Waals surface area (Å²) in [7, 11) is -3.07. The quantitative estimate of drug-likeness (QED) is 0.883. The number of sulfone groups is 1. The van der Waals surface area contributed by atoms with Gasteiger partial charge in [0.15, 0.2) is 9.84 Å². The summed E-state index contributed by atoms with van der Waals surface area (Å²) in [5.74, 6) is -1.23. The fourth-order valence-electron chi connectivity index (χ4n) is 1.48. The van der Waals surface area contributed by atoms with Crippen molar-refractivity contribution in [3.8, 4) is 0 Å². The highest BCUT2D eigenvalue weighted by Crippen LogP contribution is 2.29. The Bertz CT molecular complexity index is 511. The molecule has 0 spiro atoms. The molecule has 1 fully saturated rings. The Balaban J connectivity index is 2.03. The largest absolute Gasteiger partial charge is 0.452 e. The van der Waals surface area contributed by atoms with Gasteiger partial charge in [-0.1, -0.05) is 0 Å². The third kappa shape index (κ3) is 3.06. The summed E-state index contributed by atoms with van der Waals surface area (Å²) < 4.78 is 62.0. The molecule has 1 N–H and O–H groups in total. The predicted octanol–water partition coefficient (Wildman–Crippen LogP) is 1.16. The maximum absolute atomic E-state index is 12.2. The SMILES string of the molecule is O=S1(=O)CCC(Nc2nc(C(F)(F)F)ns2)C1. The molecule has 1 aliphatic heterocycles. The lowest BCUT2D eigenvalue weighted by Gasteiger charge is -2.07. The highest BCUT2D eigenvalue weighted by atomic mass is 32.2. The molecule has 5 nitrogen and oxygen atoms in total. The number of hydrogen-bond donors (Lipinski definition) is 1. The van der Waals surface area contributed by atoms with Crippen LogP contribution in [0, 0.1) is 0 Å². The minimum atomic E-state index is -4.57. The molecule has 1 aromatic heterocycles. The van der Waals surface area contributed by atoms with Crippen LogP contribution in [0.5, 0.6) is 0 Å². The van der Waals surface area contributed by atoms with E-state index in [4.69, 9.17) is 0 Å². The Hall–Kier alpha value is -0.900. The first-order chi connectivity index (χ1) is 7.76. The molecule has 10 heteroatoms. The van der Waals surface area contributed by atoms with Gasteiger partial charge in [0, 0.05) is 17.6 Å². The van der Waals surface area contributed by atoms with E-state index in [0.717, 1.165) is 0 Å². The molecular formula is C7H8F3N3O2S2. The molecule has 0 aliphatic carbocycles. The smallest absolute Gasteiger partial charge is 0.356 e. The van der Waals surface area contributed by atoms with E-state index >= 15 is 0 Å². The van der Waals surface area contributed by atoms with Gasteiger partial charge in [0.1, 0.15) is 0 Å². The van der Waals surface area contributed by atoms with Gasteiger partial charge in [-0.2, -0.15) is 22.5 Å². The second-order valence-electron chi connectivity index (χ2n) is 3.67. The minimum absolute atomic E-state index is 0.000532. The maximum atomic E-state index is 12.2. The molecular weight excluding hydrogens is 279 g/mol. The van der Waals surface area contributed by atoms with E-state index in [1.54, 1.807) is 0 Å². The highest BCUT2D eigenvalue weighted by Gasteiger charge is 2.36. The van der Waals surface area contributed by atoms with Crippen LogP contribution in [0.2, 0.25) is 0 Å². The normalized spacial score (nSPS) is 23.8. The number of nitrogens with zero attached hydrogens (tertiary/aromatic N) is 2. The predicted molar refractivity (Wildman–Crippen MR) is 55.6 cm³/mol. The van der Waals surface area contributed by atoms with Gasteiger partial charge in [-0.3, -0.25) is 0 Å². The summed E-state index contributed by atoms with van der Waals surface area (Å²) in [6.45, 7) is 0. The van der Waals surface area contributed by atoms with Crippen molar-refractivity contribution in [2.45, 2.75) is 18.6 Å². The number of nitrogens with one attached hydrogen (secondary N) is 1. The van der Waals surface area contributed by atoms with Crippen molar-refractivity contribution in [1.82, 2.24) is 9.36 Å². The fraction of sp³-hybridized carbons (Fsp3) is 0.714. The Kier molecular flexibility index (Phi) is 3.02. The first-order valence-corrected chi connectivity index (χ1v) is 7.24. The lowest BCUT2D eigenvalue weighted by Crippen LogP contribution is -2.20. The van der Waals surface area contributed by atoms with Crippen LogP contribution in [0.4, 0.5) is 18.3 Å². The van der Waals surface area contributed by atoms with Crippen LogP contribution in [0.1, 0.15) is 12.2 Å². The Morgan fingerprint density at radius 1 is 1.41 bits per heavy atom. The second-order valence-corrected chi connectivity index (χ2v) is 6.65. The minimum Gasteiger partial charge on any atom is -0.356 e. The lowest BCUT2D eigenvalue weighted by atomic mass is 10.3. The number of aromatic nitrogens is 2. The van der Waals surface area contributed by atoms with Crippen molar-refractivity contribution in [3.63, 3.8) is 0 Å². The summed E-state index contributed by atoms with van der Waals surface area (Å²) in [4.78, 5) is 3.27. The molecule has 0 saturated carbocycles. The molecule has 2 rings (SSSR count). The van der Waals surface area contributed by atoms with Crippen molar-refractivity contribution < 1.29 is 21.6 Å². The molecule has 0 radical (unpaired) electrons. The van der Waals surface area contributed by atoms with E-state index in [0.29, 0.717) is 18.0 Å². The number of alkyl halides is 3. The third-order valence-electron chi connectivity index (χ3n) is 2.24. The Morgan fingerprint density at radius 2 is 2.12 bits per heavy atom. The molecule has 0 amide bonds. The second kappa shape index (κ2) is 4.09. The average Bonchev–Trinajstić information content (AvgIpc) is 2.72. The first kappa shape index (κ1) is 12.6. The van der Waals surface area contributed by atoms with Crippen LogP contribution >= 0.6 is 11.5 Å². The van der Waals surface area contributed by atoms with Crippen molar-refractivity contribution in [2.24, 2.45) is 0 Å². The van der Waals surface area contributed by atoms with Gasteiger partial charge in [0.2, 0.25) is 11.0 Å². The van der Waals surface area contributed by atoms with Crippen molar-refractivity contribution in [1.29, 1.82) is 0 Å². The van der Waals surface area contributed by atoms with Crippen molar-refractivity contribution >= 4 is 26.5 Å². The topological polar surface area (TPSA) is 72.0 Å². The number of rotatable bonds is 2. The van der Waals surface area contributed by atoms with Crippen molar-refractivity contribution in [2.75, 3.05) is 16.8 Å². The van der Waals surface area contributed by atoms with Crippen LogP contribution in [-0.2, 0) is 16.0 Å². The van der Waals surface area contributed by atoms with Gasteiger partial charge >= 0.3 is 6.18 Å². The Labute approximate surface area is 99.1 Å². The van der Waals surface area contributed by atoms with Crippen LogP contribution in [-0.4, -0.2) is 35.3 Å². The van der Waals surface area contributed by atoms with E-state index < -0.39 is 21.8 Å². The van der Waals surface area contributed by atoms with Crippen LogP contribution in [0.25, 0.3) is 0 Å². The van der Waals surface area contributed by atoms with E-state index in [1.807, 2.05) is 0 Å². The first-order valence-electron chi connectivity index (χ1n) is 4.64. The van der Waals surface area contributed by atoms with E-state index in [-0.39, 0.29) is 22.7 Å². The number of halogens is 3. The summed E-state index contributed by atoms with van der Waals surface area (Å²) in [6.07, 6.45) is -4.19. The molecule has 2 heterocycles. The molecule has 1 aromatic rings. The van der Waals surface area contributed by atoms with Gasteiger partial charge in [-0.25, -0.2) is 8.42 Å². The van der Waals surface area contributed by atoms with Crippen molar-refractivity contribution in [3.05, 3.63) is 5.82 Å². The van der Waals surface area contributed by atoms with E-state index in [1.165, 1.54) is 0 Å². The van der Waals surface area contributed by atoms with Gasteiger partial charge < -0.3 is 5.32 Å². The molecule has 1 aliphatic rings. The summed E-state index contributed by atoms with van der Waals surface area (Å²) in [5, 5.41) is 2.65. The molecule has 1 saturated heterocycles. The van der Waals surface area contributed by atoms with Gasteiger partial charge in [0.05, 0.1) is 11.5 Å². The molecule has 1 unspecified atom stereocenters. The lowest BCUT2D eigenvalue weighted by molar-refractivity contribution is -0.144. The zero-order chi connectivity index (χ0) is 12.7. The van der Waals surface area contributed by atoms with Gasteiger partial charge in [-0.15, -0.1) is 0 Å². The Morgan fingerprint density at radius 3 is 2.59 bits per heavy atom. The summed E-state index contributed by atoms with van der Waals surface area (Å²) in [6, 6.07) is -0.381. The molecule has 0 aromatic carbocycles. The number of hydrogen-bond acceptors (Lipinski definition) is 6.